The van der Waals surface area contributed by atoms with E-state index in [1.54, 1.807) is 12.1 Å². The summed E-state index contributed by atoms with van der Waals surface area (Å²) in [6.07, 6.45) is 1.68. The minimum absolute atomic E-state index is 0.154. The van der Waals surface area contributed by atoms with E-state index in [4.69, 9.17) is 11.6 Å². The van der Waals surface area contributed by atoms with Crippen LogP contribution in [0.5, 0.6) is 0 Å². The van der Waals surface area contributed by atoms with Crippen LogP contribution >= 0.6 is 11.6 Å². The number of likely N-dealkylation sites (N-methyl/N-ethyl adjacent to an activating group) is 1. The molecule has 0 aliphatic carbocycles. The molecule has 1 aromatic rings. The van der Waals surface area contributed by atoms with Crippen LogP contribution in [0.2, 0.25) is 5.02 Å². The topological polar surface area (TPSA) is 15.3 Å². The molecule has 1 aliphatic heterocycles. The predicted octanol–water partition coefficient (Wildman–Crippen LogP) is 2.32. The van der Waals surface area contributed by atoms with Gasteiger partial charge in [0.1, 0.15) is 5.82 Å². The molecule has 17 heavy (non-hydrogen) atoms. The van der Waals surface area contributed by atoms with Crippen molar-refractivity contribution in [2.75, 3.05) is 26.7 Å². The average Bonchev–Trinajstić information content (AvgIpc) is 2.30. The zero-order valence-electron chi connectivity index (χ0n) is 10.0. The first-order valence-electron chi connectivity index (χ1n) is 6.01. The van der Waals surface area contributed by atoms with Gasteiger partial charge in [0.25, 0.3) is 0 Å². The molecule has 0 saturated carbocycles. The Kier molecular flexibility index (Phi) is 4.37. The molecule has 0 aromatic heterocycles. The number of rotatable bonds is 3. The van der Waals surface area contributed by atoms with E-state index >= 15 is 0 Å². The van der Waals surface area contributed by atoms with Crippen LogP contribution in [0.25, 0.3) is 0 Å². The Labute approximate surface area is 107 Å². The van der Waals surface area contributed by atoms with Crippen molar-refractivity contribution in [2.24, 2.45) is 0 Å². The summed E-state index contributed by atoms with van der Waals surface area (Å²) < 4.78 is 13.5. The minimum atomic E-state index is -0.154. The van der Waals surface area contributed by atoms with E-state index in [0.717, 1.165) is 32.5 Å². The van der Waals surface area contributed by atoms with Crippen molar-refractivity contribution in [2.45, 2.75) is 18.9 Å². The van der Waals surface area contributed by atoms with Crippen molar-refractivity contribution in [1.29, 1.82) is 0 Å². The molecule has 0 bridgehead atoms. The summed E-state index contributed by atoms with van der Waals surface area (Å²) in [7, 11) is 2.12. The highest BCUT2D eigenvalue weighted by molar-refractivity contribution is 6.30. The van der Waals surface area contributed by atoms with E-state index in [0.29, 0.717) is 16.6 Å². The van der Waals surface area contributed by atoms with Gasteiger partial charge in [-0.05, 0) is 43.7 Å². The van der Waals surface area contributed by atoms with Crippen LogP contribution in [0.4, 0.5) is 4.39 Å². The third-order valence-electron chi connectivity index (χ3n) is 3.23. The van der Waals surface area contributed by atoms with Crippen molar-refractivity contribution in [1.82, 2.24) is 10.2 Å². The molecule has 0 radical (unpaired) electrons. The first-order chi connectivity index (χ1) is 8.15. The van der Waals surface area contributed by atoms with E-state index in [1.165, 1.54) is 6.07 Å². The molecule has 1 aromatic carbocycles. The molecule has 4 heteroatoms. The third-order valence-corrected chi connectivity index (χ3v) is 3.46. The smallest absolute Gasteiger partial charge is 0.126 e. The lowest BCUT2D eigenvalue weighted by Crippen LogP contribution is -2.49. The van der Waals surface area contributed by atoms with E-state index in [1.807, 2.05) is 0 Å². The van der Waals surface area contributed by atoms with E-state index in [-0.39, 0.29) is 5.82 Å². The maximum atomic E-state index is 13.5. The lowest BCUT2D eigenvalue weighted by Gasteiger charge is -2.31. The Balaban J connectivity index is 1.90. The number of nitrogens with one attached hydrogen (secondary N) is 1. The fourth-order valence-corrected chi connectivity index (χ4v) is 2.44. The van der Waals surface area contributed by atoms with Gasteiger partial charge in [0.2, 0.25) is 0 Å². The fourth-order valence-electron chi connectivity index (χ4n) is 2.25. The molecule has 2 rings (SSSR count). The largest absolute Gasteiger partial charge is 0.311 e. The molecular formula is C13H18ClFN2. The SMILES string of the molecule is CN1CCNC(CCc2cc(Cl)ccc2F)C1. The number of benzene rings is 1. The fraction of sp³-hybridized carbons (Fsp3) is 0.538. The zero-order valence-corrected chi connectivity index (χ0v) is 10.8. The summed E-state index contributed by atoms with van der Waals surface area (Å²) in [4.78, 5) is 2.30. The van der Waals surface area contributed by atoms with Gasteiger partial charge >= 0.3 is 0 Å². The Hall–Kier alpha value is -0.640. The summed E-state index contributed by atoms with van der Waals surface area (Å²) in [6, 6.07) is 5.21. The molecule has 94 valence electrons. The lowest BCUT2D eigenvalue weighted by atomic mass is 10.0. The molecule has 1 atom stereocenters. The van der Waals surface area contributed by atoms with Crippen LogP contribution in [-0.4, -0.2) is 37.6 Å². The maximum absolute atomic E-state index is 13.5. The van der Waals surface area contributed by atoms with Crippen molar-refractivity contribution in [3.8, 4) is 0 Å². The summed E-state index contributed by atoms with van der Waals surface area (Å²) in [5, 5.41) is 4.06. The van der Waals surface area contributed by atoms with Gasteiger partial charge in [0.05, 0.1) is 0 Å². The molecule has 1 heterocycles. The second kappa shape index (κ2) is 5.80. The van der Waals surface area contributed by atoms with Gasteiger partial charge in [-0.25, -0.2) is 4.39 Å². The molecule has 1 aliphatic rings. The number of piperazine rings is 1. The zero-order chi connectivity index (χ0) is 12.3. The highest BCUT2D eigenvalue weighted by Gasteiger charge is 2.16. The Morgan fingerprint density at radius 1 is 1.53 bits per heavy atom. The Morgan fingerprint density at radius 2 is 2.35 bits per heavy atom. The minimum Gasteiger partial charge on any atom is -0.311 e. The maximum Gasteiger partial charge on any atom is 0.126 e. The summed E-state index contributed by atoms with van der Waals surface area (Å²) in [5.41, 5.74) is 0.715. The van der Waals surface area contributed by atoms with E-state index in [9.17, 15) is 4.39 Å². The van der Waals surface area contributed by atoms with Gasteiger partial charge in [0.15, 0.2) is 0 Å². The van der Waals surface area contributed by atoms with Crippen molar-refractivity contribution < 1.29 is 4.39 Å². The summed E-state index contributed by atoms with van der Waals surface area (Å²) >= 11 is 5.87. The molecule has 1 fully saturated rings. The second-order valence-electron chi connectivity index (χ2n) is 4.69. The highest BCUT2D eigenvalue weighted by Crippen LogP contribution is 2.17. The van der Waals surface area contributed by atoms with Crippen molar-refractivity contribution in [3.05, 3.63) is 34.6 Å². The van der Waals surface area contributed by atoms with Gasteiger partial charge in [-0.1, -0.05) is 11.6 Å². The van der Waals surface area contributed by atoms with Crippen LogP contribution in [0.1, 0.15) is 12.0 Å². The molecule has 0 amide bonds. The average molecular weight is 257 g/mol. The molecule has 1 unspecified atom stereocenters. The first-order valence-corrected chi connectivity index (χ1v) is 6.39. The van der Waals surface area contributed by atoms with Crippen LogP contribution in [0.3, 0.4) is 0 Å². The quantitative estimate of drug-likeness (QED) is 0.893. The number of aryl methyl sites for hydroxylation is 1. The molecule has 1 saturated heterocycles. The molecule has 1 N–H and O–H groups in total. The number of halogens is 2. The Bertz CT molecular complexity index is 384. The van der Waals surface area contributed by atoms with Gasteiger partial charge in [0, 0.05) is 30.7 Å². The Morgan fingerprint density at radius 3 is 3.12 bits per heavy atom. The number of nitrogens with zero attached hydrogens (tertiary/aromatic N) is 1. The monoisotopic (exact) mass is 256 g/mol. The van der Waals surface area contributed by atoms with Gasteiger partial charge in [-0.2, -0.15) is 0 Å². The highest BCUT2D eigenvalue weighted by atomic mass is 35.5. The lowest BCUT2D eigenvalue weighted by molar-refractivity contribution is 0.232. The second-order valence-corrected chi connectivity index (χ2v) is 5.12. The third kappa shape index (κ3) is 3.66. The molecule has 2 nitrogen and oxygen atoms in total. The van der Waals surface area contributed by atoms with Gasteiger partial charge < -0.3 is 10.2 Å². The predicted molar refractivity (Wildman–Crippen MR) is 69.0 cm³/mol. The van der Waals surface area contributed by atoms with Crippen LogP contribution in [0.15, 0.2) is 18.2 Å². The first kappa shape index (κ1) is 12.8. The van der Waals surface area contributed by atoms with E-state index < -0.39 is 0 Å². The molecular weight excluding hydrogens is 239 g/mol. The van der Waals surface area contributed by atoms with Crippen LogP contribution < -0.4 is 5.32 Å². The van der Waals surface area contributed by atoms with Crippen molar-refractivity contribution in [3.63, 3.8) is 0 Å². The van der Waals surface area contributed by atoms with Gasteiger partial charge in [-0.15, -0.1) is 0 Å². The van der Waals surface area contributed by atoms with Crippen molar-refractivity contribution >= 4 is 11.6 Å². The van der Waals surface area contributed by atoms with Crippen LogP contribution in [0, 0.1) is 5.82 Å². The molecule has 0 spiro atoms. The van der Waals surface area contributed by atoms with Gasteiger partial charge in [-0.3, -0.25) is 0 Å². The summed E-state index contributed by atoms with van der Waals surface area (Å²) in [5.74, 6) is -0.154. The number of hydrogen-bond acceptors (Lipinski definition) is 2. The number of hydrogen-bond donors (Lipinski definition) is 1. The standard InChI is InChI=1S/C13H18ClFN2/c1-17-7-6-16-12(9-17)4-2-10-8-11(14)3-5-13(10)15/h3,5,8,12,16H,2,4,6-7,9H2,1H3. The summed E-state index contributed by atoms with van der Waals surface area (Å²) in [6.45, 7) is 3.13. The van der Waals surface area contributed by atoms with Crippen LogP contribution in [-0.2, 0) is 6.42 Å². The van der Waals surface area contributed by atoms with E-state index in [2.05, 4.69) is 17.3 Å². The normalized spacial score (nSPS) is 21.7.